The van der Waals surface area contributed by atoms with Crippen molar-refractivity contribution >= 4 is 5.69 Å². The fourth-order valence-electron chi connectivity index (χ4n) is 2.96. The molecule has 21 heavy (non-hydrogen) atoms. The molecular weight excluding hydrogens is 262 g/mol. The van der Waals surface area contributed by atoms with Crippen LogP contribution in [-0.4, -0.2) is 46.1 Å². The van der Waals surface area contributed by atoms with Crippen LogP contribution in [0.5, 0.6) is 0 Å². The molecule has 0 radical (unpaired) electrons. The third kappa shape index (κ3) is 3.42. The molecule has 3 heterocycles. The maximum atomic E-state index is 4.51. The lowest BCUT2D eigenvalue weighted by atomic mass is 9.98. The number of hydrogen-bond donors (Lipinski definition) is 1. The first-order chi connectivity index (χ1) is 10.2. The third-order valence-electron chi connectivity index (χ3n) is 4.14. The van der Waals surface area contributed by atoms with Crippen molar-refractivity contribution in [3.8, 4) is 5.82 Å². The Hall–Kier alpha value is -1.88. The SMILES string of the molecule is Cc1nccn1-c1ccc(NCC2CCCN(C)C2)cn1. The van der Waals surface area contributed by atoms with Crippen LogP contribution >= 0.6 is 0 Å². The van der Waals surface area contributed by atoms with Crippen molar-refractivity contribution in [1.82, 2.24) is 19.4 Å². The van der Waals surface area contributed by atoms with Gasteiger partial charge in [-0.15, -0.1) is 0 Å². The summed E-state index contributed by atoms with van der Waals surface area (Å²) >= 11 is 0. The number of nitrogens with zero attached hydrogens (tertiary/aromatic N) is 4. The molecule has 0 saturated carbocycles. The molecule has 1 unspecified atom stereocenters. The zero-order chi connectivity index (χ0) is 14.7. The molecule has 0 amide bonds. The van der Waals surface area contributed by atoms with E-state index in [-0.39, 0.29) is 0 Å². The molecule has 5 nitrogen and oxygen atoms in total. The maximum absolute atomic E-state index is 4.51. The van der Waals surface area contributed by atoms with Crippen LogP contribution in [0.3, 0.4) is 0 Å². The fourth-order valence-corrected chi connectivity index (χ4v) is 2.96. The molecule has 0 bridgehead atoms. The van der Waals surface area contributed by atoms with Crippen molar-refractivity contribution < 1.29 is 0 Å². The van der Waals surface area contributed by atoms with E-state index in [4.69, 9.17) is 0 Å². The highest BCUT2D eigenvalue weighted by molar-refractivity contribution is 5.43. The van der Waals surface area contributed by atoms with Crippen molar-refractivity contribution in [2.24, 2.45) is 5.92 Å². The zero-order valence-electron chi connectivity index (χ0n) is 12.8. The lowest BCUT2D eigenvalue weighted by molar-refractivity contribution is 0.217. The minimum absolute atomic E-state index is 0.735. The Bertz CT molecular complexity index is 575. The van der Waals surface area contributed by atoms with E-state index in [9.17, 15) is 0 Å². The van der Waals surface area contributed by atoms with Crippen molar-refractivity contribution in [3.63, 3.8) is 0 Å². The number of aromatic nitrogens is 3. The normalized spacial score (nSPS) is 19.6. The Labute approximate surface area is 126 Å². The Morgan fingerprint density at radius 1 is 1.33 bits per heavy atom. The van der Waals surface area contributed by atoms with Crippen molar-refractivity contribution in [2.75, 3.05) is 32.0 Å². The van der Waals surface area contributed by atoms with Gasteiger partial charge in [-0.3, -0.25) is 4.57 Å². The first-order valence-electron chi connectivity index (χ1n) is 7.61. The molecule has 1 atom stereocenters. The number of imidazole rings is 1. The molecule has 1 N–H and O–H groups in total. The Kier molecular flexibility index (Phi) is 4.20. The van der Waals surface area contributed by atoms with Gasteiger partial charge in [-0.05, 0) is 51.4 Å². The molecule has 112 valence electrons. The van der Waals surface area contributed by atoms with Crippen molar-refractivity contribution in [3.05, 3.63) is 36.5 Å². The summed E-state index contributed by atoms with van der Waals surface area (Å²) in [6.07, 6.45) is 8.25. The third-order valence-corrected chi connectivity index (χ3v) is 4.14. The molecule has 0 aromatic carbocycles. The Balaban J connectivity index is 1.58. The molecule has 3 rings (SSSR count). The van der Waals surface area contributed by atoms with Gasteiger partial charge in [0.25, 0.3) is 0 Å². The summed E-state index contributed by atoms with van der Waals surface area (Å²) in [5.74, 6) is 2.60. The minimum Gasteiger partial charge on any atom is -0.383 e. The van der Waals surface area contributed by atoms with Gasteiger partial charge >= 0.3 is 0 Å². The van der Waals surface area contributed by atoms with E-state index in [0.29, 0.717) is 0 Å². The summed E-state index contributed by atoms with van der Waals surface area (Å²) in [4.78, 5) is 11.1. The lowest BCUT2D eigenvalue weighted by Gasteiger charge is -2.29. The Morgan fingerprint density at radius 3 is 2.90 bits per heavy atom. The molecule has 1 fully saturated rings. The van der Waals surface area contributed by atoms with Gasteiger partial charge in [0.1, 0.15) is 11.6 Å². The Morgan fingerprint density at radius 2 is 2.24 bits per heavy atom. The second-order valence-electron chi connectivity index (χ2n) is 5.90. The van der Waals surface area contributed by atoms with Crippen LogP contribution < -0.4 is 5.32 Å². The maximum Gasteiger partial charge on any atom is 0.138 e. The standard InChI is InChI=1S/C16H23N5/c1-13-17-7-9-21(13)16-6-5-15(11-19-16)18-10-14-4-3-8-20(2)12-14/h5-7,9,11,14,18H,3-4,8,10,12H2,1-2H3. The van der Waals surface area contributed by atoms with Crippen molar-refractivity contribution in [2.45, 2.75) is 19.8 Å². The van der Waals surface area contributed by atoms with E-state index in [1.54, 1.807) is 6.20 Å². The van der Waals surface area contributed by atoms with Gasteiger partial charge in [-0.1, -0.05) is 0 Å². The summed E-state index contributed by atoms with van der Waals surface area (Å²) in [6, 6.07) is 4.12. The summed E-state index contributed by atoms with van der Waals surface area (Å²) in [5.41, 5.74) is 1.09. The molecule has 1 aliphatic heterocycles. The van der Waals surface area contributed by atoms with Gasteiger partial charge in [-0.2, -0.15) is 0 Å². The van der Waals surface area contributed by atoms with Crippen LogP contribution in [0.1, 0.15) is 18.7 Å². The van der Waals surface area contributed by atoms with Gasteiger partial charge in [0.2, 0.25) is 0 Å². The van der Waals surface area contributed by atoms with Crippen LogP contribution in [-0.2, 0) is 0 Å². The summed E-state index contributed by atoms with van der Waals surface area (Å²) in [5, 5.41) is 3.51. The highest BCUT2D eigenvalue weighted by atomic mass is 15.1. The van der Waals surface area contributed by atoms with E-state index in [0.717, 1.165) is 29.8 Å². The molecular formula is C16H23N5. The number of aryl methyl sites for hydroxylation is 1. The highest BCUT2D eigenvalue weighted by Gasteiger charge is 2.16. The van der Waals surface area contributed by atoms with E-state index >= 15 is 0 Å². The number of piperidine rings is 1. The largest absolute Gasteiger partial charge is 0.383 e. The number of likely N-dealkylation sites (tertiary alicyclic amines) is 1. The van der Waals surface area contributed by atoms with E-state index < -0.39 is 0 Å². The summed E-state index contributed by atoms with van der Waals surface area (Å²) < 4.78 is 1.99. The highest BCUT2D eigenvalue weighted by Crippen LogP contribution is 2.17. The van der Waals surface area contributed by atoms with Crippen LogP contribution in [0, 0.1) is 12.8 Å². The van der Waals surface area contributed by atoms with Gasteiger partial charge in [-0.25, -0.2) is 9.97 Å². The number of pyridine rings is 1. The van der Waals surface area contributed by atoms with Crippen LogP contribution in [0.2, 0.25) is 0 Å². The first kappa shape index (κ1) is 14.1. The van der Waals surface area contributed by atoms with E-state index in [2.05, 4.69) is 33.3 Å². The zero-order valence-corrected chi connectivity index (χ0v) is 12.8. The molecule has 1 aliphatic rings. The van der Waals surface area contributed by atoms with Crippen molar-refractivity contribution in [1.29, 1.82) is 0 Å². The van der Waals surface area contributed by atoms with Crippen LogP contribution in [0.15, 0.2) is 30.7 Å². The molecule has 1 saturated heterocycles. The predicted molar refractivity (Wildman–Crippen MR) is 84.8 cm³/mol. The minimum atomic E-state index is 0.735. The van der Waals surface area contributed by atoms with Crippen LogP contribution in [0.4, 0.5) is 5.69 Å². The molecule has 5 heteroatoms. The second kappa shape index (κ2) is 6.26. The smallest absolute Gasteiger partial charge is 0.138 e. The molecule has 2 aromatic heterocycles. The van der Waals surface area contributed by atoms with E-state index in [1.807, 2.05) is 30.0 Å². The topological polar surface area (TPSA) is 46.0 Å². The fraction of sp³-hybridized carbons (Fsp3) is 0.500. The molecule has 0 aliphatic carbocycles. The first-order valence-corrected chi connectivity index (χ1v) is 7.61. The lowest BCUT2D eigenvalue weighted by Crippen LogP contribution is -2.35. The number of hydrogen-bond acceptors (Lipinski definition) is 4. The predicted octanol–water partition coefficient (Wildman–Crippen LogP) is 2.33. The monoisotopic (exact) mass is 285 g/mol. The number of anilines is 1. The van der Waals surface area contributed by atoms with Gasteiger partial charge < -0.3 is 10.2 Å². The average molecular weight is 285 g/mol. The quantitative estimate of drug-likeness (QED) is 0.936. The molecule has 0 spiro atoms. The number of rotatable bonds is 4. The van der Waals surface area contributed by atoms with E-state index in [1.165, 1.54) is 25.9 Å². The summed E-state index contributed by atoms with van der Waals surface area (Å²) in [6.45, 7) is 5.42. The second-order valence-corrected chi connectivity index (χ2v) is 5.90. The van der Waals surface area contributed by atoms with Crippen LogP contribution in [0.25, 0.3) is 5.82 Å². The molecule has 2 aromatic rings. The average Bonchev–Trinajstić information content (AvgIpc) is 2.92. The van der Waals surface area contributed by atoms with Gasteiger partial charge in [0, 0.05) is 25.5 Å². The van der Waals surface area contributed by atoms with Gasteiger partial charge in [0.05, 0.1) is 11.9 Å². The van der Waals surface area contributed by atoms with Gasteiger partial charge in [0.15, 0.2) is 0 Å². The number of nitrogens with one attached hydrogen (secondary N) is 1. The summed E-state index contributed by atoms with van der Waals surface area (Å²) in [7, 11) is 2.20.